The summed E-state index contributed by atoms with van der Waals surface area (Å²) < 4.78 is 4.94. The number of piperidine rings is 1. The van der Waals surface area contributed by atoms with Gasteiger partial charge in [-0.3, -0.25) is 14.9 Å². The van der Waals surface area contributed by atoms with Crippen LogP contribution in [0.2, 0.25) is 5.02 Å². The minimum Gasteiger partial charge on any atom is -0.452 e. The Hall–Kier alpha value is -2.15. The van der Waals surface area contributed by atoms with E-state index < -0.39 is 10.9 Å². The Bertz CT molecular complexity index is 599. The van der Waals surface area contributed by atoms with Crippen molar-refractivity contribution in [2.45, 2.75) is 19.3 Å². The fourth-order valence-corrected chi connectivity index (χ4v) is 2.47. The maximum atomic E-state index is 11.9. The standard InChI is InChI=1S/C14H15ClN2O5/c15-12-8-10(17(20)21)4-5-11(12)14(19)22-9-13(18)16-6-2-1-3-7-16/h4-5,8H,1-3,6-7,9H2. The molecule has 22 heavy (non-hydrogen) atoms. The second-order valence-electron chi connectivity index (χ2n) is 4.94. The summed E-state index contributed by atoms with van der Waals surface area (Å²) >= 11 is 5.83. The second-order valence-corrected chi connectivity index (χ2v) is 5.35. The first-order valence-corrected chi connectivity index (χ1v) is 7.25. The van der Waals surface area contributed by atoms with Crippen LogP contribution in [0.15, 0.2) is 18.2 Å². The van der Waals surface area contributed by atoms with Crippen LogP contribution in [0.25, 0.3) is 0 Å². The van der Waals surface area contributed by atoms with Gasteiger partial charge in [0.05, 0.1) is 15.5 Å². The molecule has 1 aromatic rings. The van der Waals surface area contributed by atoms with Gasteiger partial charge in [0.15, 0.2) is 6.61 Å². The molecule has 1 aliphatic rings. The van der Waals surface area contributed by atoms with Crippen molar-refractivity contribution < 1.29 is 19.2 Å². The van der Waals surface area contributed by atoms with Gasteiger partial charge in [-0.25, -0.2) is 4.79 Å². The van der Waals surface area contributed by atoms with Crippen molar-refractivity contribution in [2.24, 2.45) is 0 Å². The highest BCUT2D eigenvalue weighted by molar-refractivity contribution is 6.33. The highest BCUT2D eigenvalue weighted by Gasteiger charge is 2.20. The second kappa shape index (κ2) is 7.22. The Kier molecular flexibility index (Phi) is 5.32. The van der Waals surface area contributed by atoms with Gasteiger partial charge in [0.25, 0.3) is 11.6 Å². The molecule has 0 unspecified atom stereocenters. The summed E-state index contributed by atoms with van der Waals surface area (Å²) in [6.07, 6.45) is 3.00. The molecule has 1 fully saturated rings. The third-order valence-corrected chi connectivity index (χ3v) is 3.73. The van der Waals surface area contributed by atoms with Gasteiger partial charge < -0.3 is 9.64 Å². The summed E-state index contributed by atoms with van der Waals surface area (Å²) in [6.45, 7) is 0.996. The van der Waals surface area contributed by atoms with Gasteiger partial charge in [-0.05, 0) is 25.3 Å². The van der Waals surface area contributed by atoms with Crippen molar-refractivity contribution in [3.8, 4) is 0 Å². The molecule has 0 bridgehead atoms. The average molecular weight is 327 g/mol. The Labute approximate surface area is 131 Å². The lowest BCUT2D eigenvalue weighted by molar-refractivity contribution is -0.384. The van der Waals surface area contributed by atoms with E-state index >= 15 is 0 Å². The number of esters is 1. The number of halogens is 1. The number of likely N-dealkylation sites (tertiary alicyclic amines) is 1. The topological polar surface area (TPSA) is 89.8 Å². The summed E-state index contributed by atoms with van der Waals surface area (Å²) in [5, 5.41) is 10.5. The number of amides is 1. The molecule has 0 aromatic heterocycles. The lowest BCUT2D eigenvalue weighted by Gasteiger charge is -2.26. The van der Waals surface area contributed by atoms with Crippen molar-refractivity contribution >= 4 is 29.2 Å². The van der Waals surface area contributed by atoms with Crippen LogP contribution in [0.5, 0.6) is 0 Å². The fourth-order valence-electron chi connectivity index (χ4n) is 2.22. The van der Waals surface area contributed by atoms with Crippen LogP contribution in [-0.4, -0.2) is 41.4 Å². The van der Waals surface area contributed by atoms with E-state index in [-0.39, 0.29) is 28.8 Å². The molecule has 0 spiro atoms. The molecule has 1 aliphatic heterocycles. The number of hydrogen-bond donors (Lipinski definition) is 0. The zero-order chi connectivity index (χ0) is 16.1. The maximum Gasteiger partial charge on any atom is 0.340 e. The molecular weight excluding hydrogens is 312 g/mol. The molecule has 1 aromatic carbocycles. The maximum absolute atomic E-state index is 11.9. The van der Waals surface area contributed by atoms with E-state index in [0.29, 0.717) is 13.1 Å². The molecule has 0 atom stereocenters. The number of nitro benzene ring substituents is 1. The van der Waals surface area contributed by atoms with E-state index in [1.54, 1.807) is 4.90 Å². The predicted octanol–water partition coefficient (Wildman–Crippen LogP) is 2.42. The van der Waals surface area contributed by atoms with Crippen molar-refractivity contribution in [1.29, 1.82) is 0 Å². The molecule has 2 rings (SSSR count). The SMILES string of the molecule is O=C(OCC(=O)N1CCCCC1)c1ccc([N+](=O)[O-])cc1Cl. The van der Waals surface area contributed by atoms with E-state index in [2.05, 4.69) is 0 Å². The number of carbonyl (C=O) groups excluding carboxylic acids is 2. The van der Waals surface area contributed by atoms with Crippen LogP contribution in [0, 0.1) is 10.1 Å². The van der Waals surface area contributed by atoms with Crippen LogP contribution in [0.4, 0.5) is 5.69 Å². The van der Waals surface area contributed by atoms with Gasteiger partial charge in [0.1, 0.15) is 0 Å². The fraction of sp³-hybridized carbons (Fsp3) is 0.429. The molecule has 0 aliphatic carbocycles. The lowest BCUT2D eigenvalue weighted by Crippen LogP contribution is -2.38. The molecule has 1 amide bonds. The normalized spacial score (nSPS) is 14.5. The third-order valence-electron chi connectivity index (χ3n) is 3.42. The van der Waals surface area contributed by atoms with E-state index in [0.717, 1.165) is 31.4 Å². The summed E-state index contributed by atoms with van der Waals surface area (Å²) in [4.78, 5) is 35.4. The Balaban J connectivity index is 1.94. The highest BCUT2D eigenvalue weighted by Crippen LogP contribution is 2.23. The van der Waals surface area contributed by atoms with Gasteiger partial charge in [-0.2, -0.15) is 0 Å². The molecule has 1 saturated heterocycles. The van der Waals surface area contributed by atoms with Gasteiger partial charge in [0, 0.05) is 25.2 Å². The average Bonchev–Trinajstić information content (AvgIpc) is 2.52. The van der Waals surface area contributed by atoms with Crippen LogP contribution in [-0.2, 0) is 9.53 Å². The Morgan fingerprint density at radius 1 is 1.27 bits per heavy atom. The number of rotatable bonds is 4. The highest BCUT2D eigenvalue weighted by atomic mass is 35.5. The minimum absolute atomic E-state index is 0.00119. The molecule has 1 heterocycles. The number of nitrogens with zero attached hydrogens (tertiary/aromatic N) is 2. The monoisotopic (exact) mass is 326 g/mol. The predicted molar refractivity (Wildman–Crippen MR) is 78.8 cm³/mol. The Morgan fingerprint density at radius 2 is 1.95 bits per heavy atom. The molecule has 118 valence electrons. The van der Waals surface area contributed by atoms with E-state index in [1.165, 1.54) is 6.07 Å². The number of non-ortho nitro benzene ring substituents is 1. The first kappa shape index (κ1) is 16.2. The summed E-state index contributed by atoms with van der Waals surface area (Å²) in [5.74, 6) is -1.02. The van der Waals surface area contributed by atoms with Gasteiger partial charge in [-0.1, -0.05) is 11.6 Å². The third kappa shape index (κ3) is 3.94. The smallest absolute Gasteiger partial charge is 0.340 e. The van der Waals surface area contributed by atoms with Crippen LogP contribution in [0.1, 0.15) is 29.6 Å². The zero-order valence-electron chi connectivity index (χ0n) is 11.8. The number of benzene rings is 1. The first-order valence-electron chi connectivity index (χ1n) is 6.88. The van der Waals surface area contributed by atoms with Gasteiger partial charge in [0.2, 0.25) is 0 Å². The lowest BCUT2D eigenvalue weighted by atomic mass is 10.1. The van der Waals surface area contributed by atoms with Crippen molar-refractivity contribution in [1.82, 2.24) is 4.90 Å². The van der Waals surface area contributed by atoms with Gasteiger partial charge >= 0.3 is 5.97 Å². The largest absolute Gasteiger partial charge is 0.452 e. The molecule has 0 saturated carbocycles. The molecule has 0 radical (unpaired) electrons. The molecular formula is C14H15ClN2O5. The Morgan fingerprint density at radius 3 is 2.55 bits per heavy atom. The first-order chi connectivity index (χ1) is 10.5. The van der Waals surface area contributed by atoms with Crippen LogP contribution >= 0.6 is 11.6 Å². The van der Waals surface area contributed by atoms with Gasteiger partial charge in [-0.15, -0.1) is 0 Å². The van der Waals surface area contributed by atoms with Crippen molar-refractivity contribution in [2.75, 3.05) is 19.7 Å². The van der Waals surface area contributed by atoms with E-state index in [1.807, 2.05) is 0 Å². The van der Waals surface area contributed by atoms with Crippen LogP contribution in [0.3, 0.4) is 0 Å². The zero-order valence-corrected chi connectivity index (χ0v) is 12.5. The van der Waals surface area contributed by atoms with Crippen molar-refractivity contribution in [3.05, 3.63) is 38.9 Å². The number of carbonyl (C=O) groups is 2. The molecule has 0 N–H and O–H groups in total. The van der Waals surface area contributed by atoms with E-state index in [4.69, 9.17) is 16.3 Å². The summed E-state index contributed by atoms with van der Waals surface area (Å²) in [6, 6.07) is 3.45. The summed E-state index contributed by atoms with van der Waals surface area (Å²) in [7, 11) is 0. The van der Waals surface area contributed by atoms with Crippen LogP contribution < -0.4 is 0 Å². The number of hydrogen-bond acceptors (Lipinski definition) is 5. The minimum atomic E-state index is -0.773. The summed E-state index contributed by atoms with van der Waals surface area (Å²) in [5.41, 5.74) is -0.218. The molecule has 7 nitrogen and oxygen atoms in total. The van der Waals surface area contributed by atoms with Crippen molar-refractivity contribution in [3.63, 3.8) is 0 Å². The number of nitro groups is 1. The number of ether oxygens (including phenoxy) is 1. The van der Waals surface area contributed by atoms with E-state index in [9.17, 15) is 19.7 Å². The quantitative estimate of drug-likeness (QED) is 0.481. The molecule has 8 heteroatoms.